The van der Waals surface area contributed by atoms with Gasteiger partial charge in [-0.2, -0.15) is 0 Å². The summed E-state index contributed by atoms with van der Waals surface area (Å²) in [6, 6.07) is 8.73. The average Bonchev–Trinajstić information content (AvgIpc) is 3.13. The van der Waals surface area contributed by atoms with Crippen LogP contribution < -0.4 is 5.63 Å². The topological polar surface area (TPSA) is 56.5 Å². The highest BCUT2D eigenvalue weighted by molar-refractivity contribution is 9.10. The van der Waals surface area contributed by atoms with Crippen molar-refractivity contribution in [1.82, 2.24) is 0 Å². The van der Waals surface area contributed by atoms with Gasteiger partial charge in [0.25, 0.3) is 0 Å². The Balaban J connectivity index is 1.58. The van der Waals surface area contributed by atoms with Crippen LogP contribution in [0.3, 0.4) is 0 Å². The van der Waals surface area contributed by atoms with E-state index in [1.54, 1.807) is 6.07 Å². The second-order valence-corrected chi connectivity index (χ2v) is 7.77. The van der Waals surface area contributed by atoms with Crippen LogP contribution in [-0.2, 0) is 24.2 Å². The molecule has 0 radical (unpaired) electrons. The first-order valence-corrected chi connectivity index (χ1v) is 9.22. The van der Waals surface area contributed by atoms with E-state index in [1.165, 1.54) is 27.8 Å². The number of esters is 1. The number of ether oxygens (including phenoxy) is 1. The molecule has 1 aliphatic carbocycles. The van der Waals surface area contributed by atoms with Crippen molar-refractivity contribution in [2.75, 3.05) is 0 Å². The highest BCUT2D eigenvalue weighted by Crippen LogP contribution is 2.31. The van der Waals surface area contributed by atoms with Crippen molar-refractivity contribution in [2.45, 2.75) is 25.9 Å². The molecule has 6 heteroatoms. The SMILES string of the molecule is O=C(OCc1cc(=O)oc2cc(Br)ccc12)c1cc2c(s1)CCC2. The third-order valence-electron chi connectivity index (χ3n) is 4.10. The number of halogens is 1. The Morgan fingerprint density at radius 3 is 2.96 bits per heavy atom. The van der Waals surface area contributed by atoms with E-state index < -0.39 is 5.63 Å². The quantitative estimate of drug-likeness (QED) is 0.477. The number of fused-ring (bicyclic) bond motifs is 2. The van der Waals surface area contributed by atoms with Gasteiger partial charge in [0.2, 0.25) is 0 Å². The molecule has 0 unspecified atom stereocenters. The van der Waals surface area contributed by atoms with E-state index in [1.807, 2.05) is 18.2 Å². The van der Waals surface area contributed by atoms with Crippen molar-refractivity contribution < 1.29 is 13.9 Å². The lowest BCUT2D eigenvalue weighted by Crippen LogP contribution is -2.07. The van der Waals surface area contributed by atoms with Crippen LogP contribution >= 0.6 is 27.3 Å². The third kappa shape index (κ3) is 2.91. The van der Waals surface area contributed by atoms with Gasteiger partial charge >= 0.3 is 11.6 Å². The maximum Gasteiger partial charge on any atom is 0.348 e. The second kappa shape index (κ2) is 6.18. The minimum absolute atomic E-state index is 0.0468. The van der Waals surface area contributed by atoms with Crippen LogP contribution in [-0.4, -0.2) is 5.97 Å². The van der Waals surface area contributed by atoms with Gasteiger partial charge in [-0.1, -0.05) is 15.9 Å². The van der Waals surface area contributed by atoms with E-state index in [2.05, 4.69) is 15.9 Å². The molecule has 2 heterocycles. The molecule has 24 heavy (non-hydrogen) atoms. The molecule has 0 spiro atoms. The minimum Gasteiger partial charge on any atom is -0.457 e. The molecule has 0 amide bonds. The summed E-state index contributed by atoms with van der Waals surface area (Å²) in [7, 11) is 0. The summed E-state index contributed by atoms with van der Waals surface area (Å²) >= 11 is 4.86. The normalized spacial score (nSPS) is 13.2. The fourth-order valence-corrected chi connectivity index (χ4v) is 4.45. The summed E-state index contributed by atoms with van der Waals surface area (Å²) < 4.78 is 11.4. The Kier molecular flexibility index (Phi) is 4.02. The molecule has 2 aromatic heterocycles. The number of rotatable bonds is 3. The number of hydrogen-bond acceptors (Lipinski definition) is 5. The Morgan fingerprint density at radius 2 is 2.12 bits per heavy atom. The summed E-state index contributed by atoms with van der Waals surface area (Å²) in [6.45, 7) is 0.0468. The van der Waals surface area contributed by atoms with Crippen molar-refractivity contribution in [2.24, 2.45) is 0 Å². The molecular weight excluding hydrogens is 392 g/mol. The molecule has 122 valence electrons. The molecule has 1 aromatic carbocycles. The van der Waals surface area contributed by atoms with Gasteiger partial charge in [0.15, 0.2) is 0 Å². The predicted molar refractivity (Wildman–Crippen MR) is 95.6 cm³/mol. The molecule has 0 aliphatic heterocycles. The fourth-order valence-electron chi connectivity index (χ4n) is 2.97. The number of thiophene rings is 1. The van der Waals surface area contributed by atoms with E-state index in [9.17, 15) is 9.59 Å². The van der Waals surface area contributed by atoms with Crippen molar-refractivity contribution in [3.05, 3.63) is 66.1 Å². The maximum absolute atomic E-state index is 12.3. The first kappa shape index (κ1) is 15.6. The molecule has 0 bridgehead atoms. The minimum atomic E-state index is -0.457. The van der Waals surface area contributed by atoms with Gasteiger partial charge in [0.05, 0.1) is 0 Å². The monoisotopic (exact) mass is 404 g/mol. The van der Waals surface area contributed by atoms with E-state index in [0.717, 1.165) is 29.1 Å². The number of aryl methyl sites for hydroxylation is 2. The van der Waals surface area contributed by atoms with Crippen LogP contribution in [0.2, 0.25) is 0 Å². The van der Waals surface area contributed by atoms with Crippen LogP contribution in [0.15, 0.2) is 44.0 Å². The van der Waals surface area contributed by atoms with Gasteiger partial charge in [-0.15, -0.1) is 11.3 Å². The van der Waals surface area contributed by atoms with Crippen LogP contribution in [0.5, 0.6) is 0 Å². The second-order valence-electron chi connectivity index (χ2n) is 5.72. The van der Waals surface area contributed by atoms with Crippen molar-refractivity contribution in [3.63, 3.8) is 0 Å². The zero-order valence-electron chi connectivity index (χ0n) is 12.6. The number of hydrogen-bond donors (Lipinski definition) is 0. The molecule has 0 saturated heterocycles. The molecule has 4 rings (SSSR count). The Morgan fingerprint density at radius 1 is 1.25 bits per heavy atom. The number of carbonyl (C=O) groups excluding carboxylic acids is 1. The summed E-state index contributed by atoms with van der Waals surface area (Å²) in [4.78, 5) is 25.9. The summed E-state index contributed by atoms with van der Waals surface area (Å²) in [5.74, 6) is -0.340. The zero-order valence-corrected chi connectivity index (χ0v) is 15.0. The summed E-state index contributed by atoms with van der Waals surface area (Å²) in [6.07, 6.45) is 3.25. The van der Waals surface area contributed by atoms with Gasteiger partial charge in [0, 0.05) is 26.4 Å². The third-order valence-corrected chi connectivity index (χ3v) is 5.81. The van der Waals surface area contributed by atoms with Crippen LogP contribution in [0.1, 0.15) is 32.1 Å². The number of carbonyl (C=O) groups is 1. The van der Waals surface area contributed by atoms with E-state index >= 15 is 0 Å². The molecular formula is C18H13BrO4S. The zero-order chi connectivity index (χ0) is 16.7. The number of benzene rings is 1. The highest BCUT2D eigenvalue weighted by Gasteiger charge is 2.19. The maximum atomic E-state index is 12.3. The Labute approximate surface area is 150 Å². The van der Waals surface area contributed by atoms with Gasteiger partial charge in [-0.3, -0.25) is 0 Å². The molecule has 1 aliphatic rings. The lowest BCUT2D eigenvalue weighted by molar-refractivity contribution is 0.0479. The van der Waals surface area contributed by atoms with Crippen molar-refractivity contribution in [1.29, 1.82) is 0 Å². The predicted octanol–water partition coefficient (Wildman–Crippen LogP) is 4.46. The lowest BCUT2D eigenvalue weighted by atomic mass is 10.1. The molecule has 4 nitrogen and oxygen atoms in total. The molecule has 0 N–H and O–H groups in total. The van der Waals surface area contributed by atoms with Crippen LogP contribution in [0, 0.1) is 0 Å². The van der Waals surface area contributed by atoms with Crippen molar-refractivity contribution in [3.8, 4) is 0 Å². The van der Waals surface area contributed by atoms with Crippen LogP contribution in [0.4, 0.5) is 0 Å². The van der Waals surface area contributed by atoms with Gasteiger partial charge in [-0.05, 0) is 49.1 Å². The van der Waals surface area contributed by atoms with Gasteiger partial charge in [0.1, 0.15) is 17.1 Å². The van der Waals surface area contributed by atoms with E-state index in [-0.39, 0.29) is 12.6 Å². The summed E-state index contributed by atoms with van der Waals surface area (Å²) in [5.41, 5.74) is 1.92. The highest BCUT2D eigenvalue weighted by atomic mass is 79.9. The first-order valence-electron chi connectivity index (χ1n) is 7.61. The molecule has 0 fully saturated rings. The van der Waals surface area contributed by atoms with Gasteiger partial charge < -0.3 is 9.15 Å². The van der Waals surface area contributed by atoms with Crippen molar-refractivity contribution >= 4 is 44.2 Å². The molecule has 3 aromatic rings. The average molecular weight is 405 g/mol. The van der Waals surface area contributed by atoms with Crippen LogP contribution in [0.25, 0.3) is 11.0 Å². The van der Waals surface area contributed by atoms with E-state index in [0.29, 0.717) is 16.0 Å². The molecule has 0 saturated carbocycles. The first-order chi connectivity index (χ1) is 11.6. The Hall–Kier alpha value is -1.92. The largest absolute Gasteiger partial charge is 0.457 e. The standard InChI is InChI=1S/C18H13BrO4S/c19-12-4-5-13-11(7-17(20)23-14(13)8-12)9-22-18(21)16-6-10-2-1-3-15(10)24-16/h4-8H,1-3,9H2. The Bertz CT molecular complexity index is 980. The lowest BCUT2D eigenvalue weighted by Gasteiger charge is -2.06. The summed E-state index contributed by atoms with van der Waals surface area (Å²) in [5, 5.41) is 0.763. The van der Waals surface area contributed by atoms with E-state index in [4.69, 9.17) is 9.15 Å². The molecule has 0 atom stereocenters. The smallest absolute Gasteiger partial charge is 0.348 e. The van der Waals surface area contributed by atoms with Gasteiger partial charge in [-0.25, -0.2) is 9.59 Å². The fraction of sp³-hybridized carbons (Fsp3) is 0.222.